The fraction of sp³-hybridized carbons (Fsp3) is 0.0476. The molecule has 0 heterocycles. The molecule has 26 heavy (non-hydrogen) atoms. The molecule has 0 saturated carbocycles. The third-order valence-corrected chi connectivity index (χ3v) is 3.91. The highest BCUT2D eigenvalue weighted by Crippen LogP contribution is 2.22. The number of para-hydroxylation sites is 1. The summed E-state index contributed by atoms with van der Waals surface area (Å²) in [7, 11) is 2.00. The summed E-state index contributed by atoms with van der Waals surface area (Å²) in [5.74, 6) is -0.771. The Morgan fingerprint density at radius 1 is 0.923 bits per heavy atom. The van der Waals surface area contributed by atoms with Crippen molar-refractivity contribution in [2.24, 2.45) is 5.10 Å². The SMILES string of the molecule is CN(c1ccccc1)c1ccc(C=NNC(=O)c2ccc(F)cc2)cc1. The summed E-state index contributed by atoms with van der Waals surface area (Å²) < 4.78 is 12.9. The van der Waals surface area contributed by atoms with Crippen LogP contribution in [0, 0.1) is 5.82 Å². The number of halogens is 1. The molecule has 0 aliphatic heterocycles. The number of rotatable bonds is 5. The van der Waals surface area contributed by atoms with Gasteiger partial charge in [-0.2, -0.15) is 5.10 Å². The molecule has 4 nitrogen and oxygen atoms in total. The second-order valence-electron chi connectivity index (χ2n) is 5.69. The number of amides is 1. The molecule has 3 rings (SSSR count). The minimum atomic E-state index is -0.387. The normalized spacial score (nSPS) is 10.7. The van der Waals surface area contributed by atoms with Crippen molar-refractivity contribution in [3.63, 3.8) is 0 Å². The fourth-order valence-electron chi connectivity index (χ4n) is 2.42. The number of hydrazone groups is 1. The minimum Gasteiger partial charge on any atom is -0.345 e. The molecule has 0 saturated heterocycles. The first-order valence-electron chi connectivity index (χ1n) is 8.11. The topological polar surface area (TPSA) is 44.7 Å². The van der Waals surface area contributed by atoms with Crippen molar-refractivity contribution < 1.29 is 9.18 Å². The number of carbonyl (C=O) groups excluding carboxylic acids is 1. The van der Waals surface area contributed by atoms with Crippen molar-refractivity contribution in [2.45, 2.75) is 0 Å². The first-order valence-corrected chi connectivity index (χ1v) is 8.11. The Hall–Kier alpha value is -3.47. The van der Waals surface area contributed by atoms with Crippen LogP contribution in [0.25, 0.3) is 0 Å². The fourth-order valence-corrected chi connectivity index (χ4v) is 2.42. The second-order valence-corrected chi connectivity index (χ2v) is 5.69. The average Bonchev–Trinajstić information content (AvgIpc) is 2.69. The van der Waals surface area contributed by atoms with Crippen LogP contribution in [-0.2, 0) is 0 Å². The number of nitrogens with zero attached hydrogens (tertiary/aromatic N) is 2. The van der Waals surface area contributed by atoms with Crippen molar-refractivity contribution in [2.75, 3.05) is 11.9 Å². The molecule has 0 aliphatic carbocycles. The largest absolute Gasteiger partial charge is 0.345 e. The molecular weight excluding hydrogens is 329 g/mol. The van der Waals surface area contributed by atoms with E-state index in [1.807, 2.05) is 61.6 Å². The van der Waals surface area contributed by atoms with Crippen LogP contribution in [0.15, 0.2) is 84.0 Å². The summed E-state index contributed by atoms with van der Waals surface area (Å²) in [4.78, 5) is 14.0. The summed E-state index contributed by atoms with van der Waals surface area (Å²) in [5.41, 5.74) is 5.78. The Kier molecular flexibility index (Phi) is 5.39. The van der Waals surface area contributed by atoms with Gasteiger partial charge in [0.25, 0.3) is 5.91 Å². The maximum Gasteiger partial charge on any atom is 0.271 e. The quantitative estimate of drug-likeness (QED) is 0.551. The van der Waals surface area contributed by atoms with Gasteiger partial charge in [0.2, 0.25) is 0 Å². The Morgan fingerprint density at radius 2 is 1.54 bits per heavy atom. The lowest BCUT2D eigenvalue weighted by atomic mass is 10.2. The van der Waals surface area contributed by atoms with E-state index >= 15 is 0 Å². The lowest BCUT2D eigenvalue weighted by molar-refractivity contribution is 0.0955. The number of nitrogens with one attached hydrogen (secondary N) is 1. The zero-order valence-corrected chi connectivity index (χ0v) is 14.3. The highest BCUT2D eigenvalue weighted by atomic mass is 19.1. The first-order chi connectivity index (χ1) is 12.6. The van der Waals surface area contributed by atoms with Crippen molar-refractivity contribution in [1.29, 1.82) is 0 Å². The lowest BCUT2D eigenvalue weighted by Gasteiger charge is -2.19. The summed E-state index contributed by atoms with van der Waals surface area (Å²) >= 11 is 0. The minimum absolute atomic E-state index is 0.350. The third kappa shape index (κ3) is 4.33. The molecule has 0 bridgehead atoms. The van der Waals surface area contributed by atoms with Gasteiger partial charge >= 0.3 is 0 Å². The van der Waals surface area contributed by atoms with Crippen LogP contribution < -0.4 is 10.3 Å². The van der Waals surface area contributed by atoms with Gasteiger partial charge in [-0.15, -0.1) is 0 Å². The van der Waals surface area contributed by atoms with Crippen molar-refractivity contribution >= 4 is 23.5 Å². The Morgan fingerprint density at radius 3 is 2.19 bits per heavy atom. The van der Waals surface area contributed by atoms with Crippen LogP contribution >= 0.6 is 0 Å². The number of hydrogen-bond donors (Lipinski definition) is 1. The van der Waals surface area contributed by atoms with Crippen molar-refractivity contribution in [1.82, 2.24) is 5.43 Å². The number of hydrogen-bond acceptors (Lipinski definition) is 3. The molecular formula is C21H18FN3O. The molecule has 1 amide bonds. The van der Waals surface area contributed by atoms with E-state index in [-0.39, 0.29) is 11.7 Å². The molecule has 0 unspecified atom stereocenters. The Bertz CT molecular complexity index is 891. The van der Waals surface area contributed by atoms with Gasteiger partial charge < -0.3 is 4.90 Å². The molecule has 130 valence electrons. The van der Waals surface area contributed by atoms with Crippen LogP contribution in [0.1, 0.15) is 15.9 Å². The summed E-state index contributed by atoms with van der Waals surface area (Å²) in [6.45, 7) is 0. The van der Waals surface area contributed by atoms with Gasteiger partial charge in [0.1, 0.15) is 5.82 Å². The molecule has 3 aromatic carbocycles. The summed E-state index contributed by atoms with van der Waals surface area (Å²) in [6.07, 6.45) is 1.56. The number of anilines is 2. The molecule has 0 aromatic heterocycles. The van der Waals surface area contributed by atoms with Gasteiger partial charge in [-0.1, -0.05) is 30.3 Å². The Balaban J connectivity index is 1.61. The van der Waals surface area contributed by atoms with Gasteiger partial charge in [-0.05, 0) is 54.1 Å². The monoisotopic (exact) mass is 347 g/mol. The highest BCUT2D eigenvalue weighted by Gasteiger charge is 2.04. The van der Waals surface area contributed by atoms with Crippen LogP contribution in [0.3, 0.4) is 0 Å². The molecule has 0 fully saturated rings. The second kappa shape index (κ2) is 8.07. The van der Waals surface area contributed by atoms with E-state index in [2.05, 4.69) is 15.4 Å². The standard InChI is InChI=1S/C21H18FN3O/c1-25(19-5-3-2-4-6-19)20-13-7-16(8-14-20)15-23-24-21(26)17-9-11-18(22)12-10-17/h2-15H,1H3,(H,24,26). The van der Waals surface area contributed by atoms with E-state index in [0.29, 0.717) is 5.56 Å². The van der Waals surface area contributed by atoms with Crippen LogP contribution in [0.5, 0.6) is 0 Å². The van der Waals surface area contributed by atoms with Crippen LogP contribution in [-0.4, -0.2) is 19.2 Å². The molecule has 0 atom stereocenters. The van der Waals surface area contributed by atoms with E-state index in [9.17, 15) is 9.18 Å². The average molecular weight is 347 g/mol. The van der Waals surface area contributed by atoms with Crippen molar-refractivity contribution in [3.05, 3.63) is 95.8 Å². The maximum atomic E-state index is 12.9. The van der Waals surface area contributed by atoms with E-state index < -0.39 is 0 Å². The van der Waals surface area contributed by atoms with E-state index in [1.165, 1.54) is 24.3 Å². The zero-order valence-electron chi connectivity index (χ0n) is 14.3. The van der Waals surface area contributed by atoms with Gasteiger partial charge in [0, 0.05) is 24.0 Å². The van der Waals surface area contributed by atoms with E-state index in [0.717, 1.165) is 16.9 Å². The molecule has 5 heteroatoms. The predicted molar refractivity (Wildman–Crippen MR) is 102 cm³/mol. The molecule has 3 aromatic rings. The van der Waals surface area contributed by atoms with Gasteiger partial charge in [-0.3, -0.25) is 4.79 Å². The Labute approximate surface area is 151 Å². The molecule has 0 spiro atoms. The lowest BCUT2D eigenvalue weighted by Crippen LogP contribution is -2.17. The van der Waals surface area contributed by atoms with E-state index in [4.69, 9.17) is 0 Å². The van der Waals surface area contributed by atoms with Gasteiger partial charge in [-0.25, -0.2) is 9.82 Å². The number of carbonyl (C=O) groups is 1. The summed E-state index contributed by atoms with van der Waals surface area (Å²) in [6, 6.07) is 23.2. The maximum absolute atomic E-state index is 12.9. The van der Waals surface area contributed by atoms with Crippen LogP contribution in [0.2, 0.25) is 0 Å². The van der Waals surface area contributed by atoms with Gasteiger partial charge in [0.05, 0.1) is 6.21 Å². The predicted octanol–water partition coefficient (Wildman–Crippen LogP) is 4.36. The summed E-state index contributed by atoms with van der Waals surface area (Å²) in [5, 5.41) is 3.94. The first kappa shape index (κ1) is 17.4. The van der Waals surface area contributed by atoms with Crippen molar-refractivity contribution in [3.8, 4) is 0 Å². The van der Waals surface area contributed by atoms with Crippen LogP contribution in [0.4, 0.5) is 15.8 Å². The van der Waals surface area contributed by atoms with Gasteiger partial charge in [0.15, 0.2) is 0 Å². The van der Waals surface area contributed by atoms with E-state index in [1.54, 1.807) is 6.21 Å². The highest BCUT2D eigenvalue weighted by molar-refractivity contribution is 5.94. The molecule has 0 radical (unpaired) electrons. The smallest absolute Gasteiger partial charge is 0.271 e. The molecule has 0 aliphatic rings. The number of benzene rings is 3. The zero-order chi connectivity index (χ0) is 18.4. The third-order valence-electron chi connectivity index (χ3n) is 3.91. The molecule has 1 N–H and O–H groups in total.